The van der Waals surface area contributed by atoms with Crippen LogP contribution in [0.2, 0.25) is 0 Å². The standard InChI is InChI=1S/C53H71N9O17/c1-4-53(72)36-24-39-48-34(28-62(39)51(70)35(36)29-77-52(53)71)33(32-23-40-41(79-30-78-40)25-38(32)58-48)26-56-44(65)27-57-49(68)37(7-5-6-12-54)59-50(69)47(31(2)3)60-43(64)11-15-73-17-19-75-21-22-76-20-18-74-16-13-55-42(63)10-14-61-45(66)8-9-46(61)67/h8-9,23-25,31,35-37,47,72H,4-7,10-22,26-30,54H2,1-3H3,(H,55,63)(H,56,65)(H,57,68)(H,59,69)(H,60,64)/t35?,36?,37-,47-,53-/m0/s1. The minimum Gasteiger partial charge on any atom is -0.463 e. The lowest BCUT2D eigenvalue weighted by Gasteiger charge is -2.44. The summed E-state index contributed by atoms with van der Waals surface area (Å²) in [6.07, 6.45) is 5.30. The van der Waals surface area contributed by atoms with Gasteiger partial charge in [0.2, 0.25) is 42.2 Å². The third-order valence-corrected chi connectivity index (χ3v) is 14.1. The molecule has 1 aromatic heterocycles. The Bertz CT molecular complexity index is 2660. The molecule has 8 N–H and O–H groups in total. The number of ether oxygens (including phenoxy) is 7. The first-order chi connectivity index (χ1) is 38.0. The third kappa shape index (κ3) is 15.0. The second-order valence-electron chi connectivity index (χ2n) is 19.7. The lowest BCUT2D eigenvalue weighted by molar-refractivity contribution is -0.190. The van der Waals surface area contributed by atoms with Crippen LogP contribution >= 0.6 is 0 Å². The average molecular weight is 1110 g/mol. The number of imide groups is 1. The fourth-order valence-corrected chi connectivity index (χ4v) is 9.66. The van der Waals surface area contributed by atoms with Crippen molar-refractivity contribution in [2.45, 2.75) is 90.1 Å². The Hall–Kier alpha value is -7.10. The van der Waals surface area contributed by atoms with Crippen molar-refractivity contribution in [1.29, 1.82) is 0 Å². The van der Waals surface area contributed by atoms with Crippen LogP contribution in [0, 0.1) is 17.8 Å². The SMILES string of the molecule is CC[C@@]1(O)C(=O)OCC2C(=O)N3Cc4c(nc5cc6c(cc5c4CNC(=O)CNC(=O)[C@H](CCCCN)NC(=O)[C@@H](NC(=O)CCOCCOCCOCCOCCNC(=O)CCN4C(=O)C=CC4=O)C(C)C)OCO6)C3=CC21. The van der Waals surface area contributed by atoms with Crippen molar-refractivity contribution < 1.29 is 81.4 Å². The molecule has 1 aromatic carbocycles. The minimum atomic E-state index is -1.91. The quantitative estimate of drug-likeness (QED) is 0.0262. The van der Waals surface area contributed by atoms with Crippen molar-refractivity contribution in [3.8, 4) is 11.5 Å². The number of nitrogens with zero attached hydrogens (tertiary/aromatic N) is 3. The number of hydrogen-bond acceptors (Lipinski definition) is 19. The van der Waals surface area contributed by atoms with Gasteiger partial charge in [-0.1, -0.05) is 26.8 Å². The van der Waals surface area contributed by atoms with Gasteiger partial charge in [0.25, 0.3) is 11.8 Å². The molecule has 2 unspecified atom stereocenters. The molecule has 5 atom stereocenters. The van der Waals surface area contributed by atoms with E-state index in [1.165, 1.54) is 12.2 Å². The summed E-state index contributed by atoms with van der Waals surface area (Å²) in [4.78, 5) is 123. The highest BCUT2D eigenvalue weighted by Gasteiger charge is 2.57. The number of cyclic esters (lactones) is 1. The number of carbonyl (C=O) groups is 9. The van der Waals surface area contributed by atoms with Crippen LogP contribution in [0.15, 0.2) is 30.4 Å². The number of esters is 1. The van der Waals surface area contributed by atoms with Crippen molar-refractivity contribution in [1.82, 2.24) is 41.4 Å². The van der Waals surface area contributed by atoms with Crippen LogP contribution in [-0.4, -0.2) is 183 Å². The van der Waals surface area contributed by atoms with Gasteiger partial charge in [-0.3, -0.25) is 43.3 Å². The van der Waals surface area contributed by atoms with Crippen molar-refractivity contribution in [3.05, 3.63) is 47.2 Å². The highest BCUT2D eigenvalue weighted by molar-refractivity contribution is 6.13. The van der Waals surface area contributed by atoms with Crippen molar-refractivity contribution in [2.75, 3.05) is 92.4 Å². The summed E-state index contributed by atoms with van der Waals surface area (Å²) in [5.74, 6) is -5.59. The van der Waals surface area contributed by atoms with E-state index in [1.54, 1.807) is 43.9 Å². The maximum atomic E-state index is 14.0. The molecule has 0 bridgehead atoms. The van der Waals surface area contributed by atoms with E-state index in [2.05, 4.69) is 26.6 Å². The molecule has 8 amide bonds. The Morgan fingerprint density at radius 3 is 2.15 bits per heavy atom. The van der Waals surface area contributed by atoms with Gasteiger partial charge in [-0.2, -0.15) is 0 Å². The Labute approximate surface area is 456 Å². The van der Waals surface area contributed by atoms with E-state index in [9.17, 15) is 48.3 Å². The summed E-state index contributed by atoms with van der Waals surface area (Å²) in [7, 11) is 0. The zero-order chi connectivity index (χ0) is 56.6. The number of rotatable bonds is 32. The lowest BCUT2D eigenvalue weighted by atomic mass is 9.72. The number of nitrogens with two attached hydrogens (primary N) is 1. The molecule has 2 aromatic rings. The average Bonchev–Trinajstić information content (AvgIpc) is 4.34. The highest BCUT2D eigenvalue weighted by Crippen LogP contribution is 2.48. The van der Waals surface area contributed by atoms with Gasteiger partial charge in [0, 0.05) is 67.6 Å². The molecule has 430 valence electrons. The first kappa shape index (κ1) is 59.6. The molecular weight excluding hydrogens is 1030 g/mol. The van der Waals surface area contributed by atoms with Crippen molar-refractivity contribution in [2.24, 2.45) is 23.5 Å². The number of pyridine rings is 1. The van der Waals surface area contributed by atoms with Crippen LogP contribution < -0.4 is 41.8 Å². The zero-order valence-electron chi connectivity index (χ0n) is 44.7. The maximum absolute atomic E-state index is 14.0. The van der Waals surface area contributed by atoms with Gasteiger partial charge in [0.1, 0.15) is 18.7 Å². The molecule has 6 heterocycles. The van der Waals surface area contributed by atoms with E-state index in [4.69, 9.17) is 43.9 Å². The van der Waals surface area contributed by atoms with Gasteiger partial charge in [-0.25, -0.2) is 9.78 Å². The molecule has 0 radical (unpaired) electrons. The lowest BCUT2D eigenvalue weighted by Crippen LogP contribution is -2.58. The molecule has 0 aliphatic carbocycles. The Balaban J connectivity index is 0.819. The smallest absolute Gasteiger partial charge is 0.338 e. The van der Waals surface area contributed by atoms with E-state index < -0.39 is 77.5 Å². The summed E-state index contributed by atoms with van der Waals surface area (Å²) in [5.41, 5.74) is 6.46. The van der Waals surface area contributed by atoms with Crippen LogP contribution in [0.3, 0.4) is 0 Å². The van der Waals surface area contributed by atoms with E-state index >= 15 is 0 Å². The first-order valence-corrected chi connectivity index (χ1v) is 26.7. The number of nitrogens with one attached hydrogen (secondary N) is 5. The largest absolute Gasteiger partial charge is 0.463 e. The van der Waals surface area contributed by atoms with E-state index in [-0.39, 0.29) is 109 Å². The summed E-state index contributed by atoms with van der Waals surface area (Å²) >= 11 is 0. The number of amides is 8. The molecule has 5 aliphatic rings. The van der Waals surface area contributed by atoms with Gasteiger partial charge >= 0.3 is 5.97 Å². The predicted octanol–water partition coefficient (Wildman–Crippen LogP) is -1.03. The number of aromatic nitrogens is 1. The Kier molecular flexibility index (Phi) is 21.2. The maximum Gasteiger partial charge on any atom is 0.338 e. The van der Waals surface area contributed by atoms with Gasteiger partial charge in [0.05, 0.1) is 88.8 Å². The van der Waals surface area contributed by atoms with E-state index in [1.807, 2.05) is 0 Å². The van der Waals surface area contributed by atoms with E-state index in [0.29, 0.717) is 90.7 Å². The molecule has 0 saturated carbocycles. The van der Waals surface area contributed by atoms with Crippen LogP contribution in [0.5, 0.6) is 11.5 Å². The first-order valence-electron chi connectivity index (χ1n) is 26.7. The molecule has 79 heavy (non-hydrogen) atoms. The summed E-state index contributed by atoms with van der Waals surface area (Å²) in [6.45, 7) is 7.17. The molecule has 0 spiro atoms. The minimum absolute atomic E-state index is 0.0000650. The van der Waals surface area contributed by atoms with Crippen LogP contribution in [0.4, 0.5) is 0 Å². The van der Waals surface area contributed by atoms with Crippen LogP contribution in [0.1, 0.15) is 76.1 Å². The Morgan fingerprint density at radius 1 is 0.810 bits per heavy atom. The Morgan fingerprint density at radius 2 is 1.48 bits per heavy atom. The molecular formula is C53H71N9O17. The molecule has 1 saturated heterocycles. The normalized spacial score (nSPS) is 19.6. The number of unbranched alkanes of at least 4 members (excludes halogenated alkanes) is 1. The number of fused-ring (bicyclic) bond motifs is 6. The molecule has 1 fully saturated rings. The number of carbonyl (C=O) groups excluding carboxylic acids is 9. The molecule has 26 nitrogen and oxygen atoms in total. The second kappa shape index (κ2) is 28.2. The fraction of sp³-hybridized carbons (Fsp3) is 0.585. The van der Waals surface area contributed by atoms with Gasteiger partial charge in [0.15, 0.2) is 17.1 Å². The monoisotopic (exact) mass is 1110 g/mol. The summed E-state index contributed by atoms with van der Waals surface area (Å²) in [5, 5.41) is 25.7. The van der Waals surface area contributed by atoms with Gasteiger partial charge in [-0.05, 0) is 49.8 Å². The van der Waals surface area contributed by atoms with Gasteiger partial charge in [-0.15, -0.1) is 0 Å². The van der Waals surface area contributed by atoms with E-state index in [0.717, 1.165) is 4.90 Å². The zero-order valence-corrected chi connectivity index (χ0v) is 44.7. The highest BCUT2D eigenvalue weighted by atomic mass is 16.7. The van der Waals surface area contributed by atoms with Gasteiger partial charge < -0.3 is 75.5 Å². The van der Waals surface area contributed by atoms with Crippen molar-refractivity contribution in [3.63, 3.8) is 0 Å². The third-order valence-electron chi connectivity index (χ3n) is 14.1. The fourth-order valence-electron chi connectivity index (χ4n) is 9.66. The number of benzene rings is 1. The predicted molar refractivity (Wildman–Crippen MR) is 277 cm³/mol. The molecule has 7 rings (SSSR count). The summed E-state index contributed by atoms with van der Waals surface area (Å²) < 4.78 is 38.5. The van der Waals surface area contributed by atoms with Crippen LogP contribution in [0.25, 0.3) is 16.6 Å². The molecule has 26 heteroatoms. The topological polar surface area (TPSA) is 344 Å². The second-order valence-corrected chi connectivity index (χ2v) is 19.7. The molecule has 5 aliphatic heterocycles. The summed E-state index contributed by atoms with van der Waals surface area (Å²) in [6, 6.07) is 1.40. The number of aliphatic hydroxyl groups is 1. The number of hydrogen-bond donors (Lipinski definition) is 7. The van der Waals surface area contributed by atoms with Crippen LogP contribution in [-0.2, 0) is 79.9 Å². The van der Waals surface area contributed by atoms with Crippen molar-refractivity contribution >= 4 is 69.8 Å².